The van der Waals surface area contributed by atoms with Gasteiger partial charge in [0.15, 0.2) is 0 Å². The van der Waals surface area contributed by atoms with Gasteiger partial charge in [-0.25, -0.2) is 0 Å². The number of hydrogen-bond acceptors (Lipinski definition) is 0. The predicted molar refractivity (Wildman–Crippen MR) is 174 cm³/mol. The van der Waals surface area contributed by atoms with Crippen LogP contribution < -0.4 is 0 Å². The summed E-state index contributed by atoms with van der Waals surface area (Å²) in [6.07, 6.45) is 39.4. The summed E-state index contributed by atoms with van der Waals surface area (Å²) in [4.78, 5) is 0. The van der Waals surface area contributed by atoms with E-state index >= 15 is 0 Å². The van der Waals surface area contributed by atoms with E-state index in [0.717, 1.165) is 11.8 Å². The Hall–Kier alpha value is 2.93. The van der Waals surface area contributed by atoms with E-state index in [1.54, 1.807) is 23.7 Å². The molecule has 6 heteroatoms. The third kappa shape index (κ3) is 8.37. The van der Waals surface area contributed by atoms with Crippen LogP contribution in [0.1, 0.15) is 67.2 Å². The molecule has 0 nitrogen and oxygen atoms in total. The van der Waals surface area contributed by atoms with E-state index in [9.17, 15) is 0 Å². The van der Waals surface area contributed by atoms with E-state index in [4.69, 9.17) is 34.1 Å². The topological polar surface area (TPSA) is 0 Å². The predicted octanol–water partition coefficient (Wildman–Crippen LogP) is 11.2. The molecule has 8 fully saturated rings. The van der Waals surface area contributed by atoms with Gasteiger partial charge in [-0.1, -0.05) is 41.5 Å². The molecule has 224 valence electrons. The molecule has 4 bridgehead atoms. The molecular weight excluding hydrogens is 757 g/mol. The molecule has 8 rings (SSSR count). The van der Waals surface area contributed by atoms with Gasteiger partial charge >= 0.3 is 75.7 Å². The van der Waals surface area contributed by atoms with Crippen molar-refractivity contribution in [1.82, 2.24) is 0 Å². The first kappa shape index (κ1) is 39.4. The second-order valence-electron chi connectivity index (χ2n) is 13.1. The zero-order valence-electron chi connectivity index (χ0n) is 25.7. The van der Waals surface area contributed by atoms with Crippen LogP contribution in [0, 0.1) is 160 Å². The molecule has 8 saturated carbocycles. The van der Waals surface area contributed by atoms with Crippen molar-refractivity contribution in [2.24, 2.45) is 33.5 Å². The summed E-state index contributed by atoms with van der Waals surface area (Å²) >= 11 is -1.65. The van der Waals surface area contributed by atoms with Crippen molar-refractivity contribution < 1.29 is 41.7 Å². The normalized spacial score (nSPS) is 36.5. The molecule has 0 aromatic heterocycles. The summed E-state index contributed by atoms with van der Waals surface area (Å²) in [7, 11) is 19.7. The van der Waals surface area contributed by atoms with Gasteiger partial charge < -0.3 is 0 Å². The van der Waals surface area contributed by atoms with E-state index in [-0.39, 0.29) is 0 Å². The van der Waals surface area contributed by atoms with Crippen LogP contribution in [0.25, 0.3) is 0 Å². The second-order valence-corrected chi connectivity index (χ2v) is 20.6. The summed E-state index contributed by atoms with van der Waals surface area (Å²) in [6.45, 7) is 14.7. The maximum absolute atomic E-state index is 4.93. The van der Waals surface area contributed by atoms with E-state index in [2.05, 4.69) is 80.1 Å². The Morgan fingerprint density at radius 2 is 0.738 bits per heavy atom. The molecule has 0 spiro atoms. The standard InChI is InChI=1S/2C13H17.2C5H5.4ClH.2Zr/c2*1-12(2)10-7-8-13(12,3)11-6-4-5-9(10)11;2*1-2-4-5-3-1;;;;;;/h2*4-6,10H,7-8H2,1-3H3;2*1-5H;4*1H;;/q;;;;;;;;2*+2/p-4. The quantitative estimate of drug-likeness (QED) is 0.229. The minimum atomic E-state index is -0.826. The van der Waals surface area contributed by atoms with Gasteiger partial charge in [-0.2, -0.15) is 0 Å². The van der Waals surface area contributed by atoms with Gasteiger partial charge in [0.25, 0.3) is 0 Å². The Morgan fingerprint density at radius 3 is 0.976 bits per heavy atom. The molecule has 0 aliphatic heterocycles. The molecule has 0 heterocycles. The number of rotatable bonds is 0. The number of fused-ring (bicyclic) bond motifs is 10. The zero-order valence-corrected chi connectivity index (χ0v) is 33.7. The first-order valence-corrected chi connectivity index (χ1v) is 27.4. The number of halogens is 4. The van der Waals surface area contributed by atoms with Crippen LogP contribution in [0.3, 0.4) is 0 Å². The average molecular weight is 801 g/mol. The third-order valence-electron chi connectivity index (χ3n) is 11.2. The Balaban J connectivity index is 0.000000155. The fourth-order valence-corrected chi connectivity index (χ4v) is 8.18. The van der Waals surface area contributed by atoms with Crippen LogP contribution in [-0.4, -0.2) is 0 Å². The molecule has 8 aliphatic carbocycles. The Labute approximate surface area is 299 Å². The zero-order chi connectivity index (χ0) is 31.0. The van der Waals surface area contributed by atoms with Gasteiger partial charge in [0.1, 0.15) is 0 Å². The SMILES string of the molecule is CC12CCC([C]3[CH][CH][CH][C]31)C2(C)C.CC12CCC([C]3[CH][CH][CH][C]31)C2(C)C.[CH]1[CH][CH][CH][CH]1.[CH]1[CH][CH][CH][CH]1.[Cl][Zr][Cl].[Cl][Zr][Cl]. The van der Waals surface area contributed by atoms with E-state index in [1.807, 2.05) is 64.2 Å². The van der Waals surface area contributed by atoms with Crippen molar-refractivity contribution >= 4 is 34.1 Å². The van der Waals surface area contributed by atoms with E-state index < -0.39 is 41.7 Å². The van der Waals surface area contributed by atoms with E-state index in [1.165, 1.54) is 25.7 Å². The Bertz CT molecular complexity index is 699. The van der Waals surface area contributed by atoms with Gasteiger partial charge in [-0.3, -0.25) is 0 Å². The molecule has 0 amide bonds. The van der Waals surface area contributed by atoms with Gasteiger partial charge in [-0.05, 0) is 186 Å². The second kappa shape index (κ2) is 18.1. The molecule has 0 aromatic carbocycles. The van der Waals surface area contributed by atoms with Crippen LogP contribution >= 0.6 is 34.1 Å². The van der Waals surface area contributed by atoms with Gasteiger partial charge in [0.2, 0.25) is 0 Å². The molecule has 4 atom stereocenters. The molecule has 42 heavy (non-hydrogen) atoms. The van der Waals surface area contributed by atoms with Crippen LogP contribution in [0.5, 0.6) is 0 Å². The van der Waals surface area contributed by atoms with Gasteiger partial charge in [0, 0.05) is 0 Å². The summed E-state index contributed by atoms with van der Waals surface area (Å²) in [5.41, 5.74) is 1.94. The fraction of sp³-hybridized carbons (Fsp3) is 0.444. The molecule has 0 saturated heterocycles. The van der Waals surface area contributed by atoms with Crippen LogP contribution in [0.4, 0.5) is 0 Å². The molecule has 8 aliphatic rings. The summed E-state index contributed by atoms with van der Waals surface area (Å²) in [6, 6.07) is 0. The van der Waals surface area contributed by atoms with Crippen molar-refractivity contribution in [1.29, 1.82) is 0 Å². The molecule has 20 radical (unpaired) electrons. The van der Waals surface area contributed by atoms with Crippen molar-refractivity contribution in [2.75, 3.05) is 0 Å². The number of hydrogen-bond donors (Lipinski definition) is 0. The van der Waals surface area contributed by atoms with Crippen molar-refractivity contribution in [3.05, 3.63) is 126 Å². The van der Waals surface area contributed by atoms with E-state index in [0.29, 0.717) is 21.7 Å². The Morgan fingerprint density at radius 1 is 0.476 bits per heavy atom. The molecule has 0 aromatic rings. The molecular formula is C36H44Cl4Zr2. The monoisotopic (exact) mass is 796 g/mol. The van der Waals surface area contributed by atoms with Gasteiger partial charge in [-0.15, -0.1) is 0 Å². The summed E-state index contributed by atoms with van der Waals surface area (Å²) in [5, 5.41) is 0. The first-order chi connectivity index (χ1) is 20.0. The third-order valence-corrected chi connectivity index (χ3v) is 11.2. The molecule has 4 unspecified atom stereocenters. The van der Waals surface area contributed by atoms with Crippen molar-refractivity contribution in [3.63, 3.8) is 0 Å². The molecule has 0 N–H and O–H groups in total. The average Bonchev–Trinajstić information content (AvgIpc) is 3.79. The van der Waals surface area contributed by atoms with Crippen molar-refractivity contribution in [2.45, 2.75) is 67.2 Å². The summed E-state index contributed by atoms with van der Waals surface area (Å²) < 4.78 is 0. The first-order valence-electron chi connectivity index (χ1n) is 14.8. The Kier molecular flexibility index (Phi) is 16.9. The van der Waals surface area contributed by atoms with Crippen LogP contribution in [-0.2, 0) is 41.7 Å². The maximum atomic E-state index is 4.93. The van der Waals surface area contributed by atoms with Crippen LogP contribution in [0.2, 0.25) is 0 Å². The van der Waals surface area contributed by atoms with Gasteiger partial charge in [0.05, 0.1) is 0 Å². The van der Waals surface area contributed by atoms with Crippen LogP contribution in [0.15, 0.2) is 0 Å². The summed E-state index contributed by atoms with van der Waals surface area (Å²) in [5.74, 6) is 8.27. The fourth-order valence-electron chi connectivity index (χ4n) is 8.18. The van der Waals surface area contributed by atoms with Crippen molar-refractivity contribution in [3.8, 4) is 0 Å². The minimum absolute atomic E-state index is 0.469.